The van der Waals surface area contributed by atoms with Crippen LogP contribution >= 0.6 is 0 Å². The molecule has 1 aliphatic heterocycles. The van der Waals surface area contributed by atoms with Crippen LogP contribution in [0.4, 0.5) is 0 Å². The molecule has 1 N–H and O–H groups in total. The summed E-state index contributed by atoms with van der Waals surface area (Å²) in [5, 5.41) is 0. The van der Waals surface area contributed by atoms with Crippen molar-refractivity contribution in [3.63, 3.8) is 0 Å². The number of carbonyl (C=O) groups excluding carboxylic acids is 1. The van der Waals surface area contributed by atoms with Gasteiger partial charge in [-0.1, -0.05) is 0 Å². The lowest BCUT2D eigenvalue weighted by Gasteiger charge is -2.59. The maximum atomic E-state index is 13.0. The van der Waals surface area contributed by atoms with E-state index in [0.29, 0.717) is 22.6 Å². The lowest BCUT2D eigenvalue weighted by atomic mass is 9.52. The molecule has 1 saturated heterocycles. The van der Waals surface area contributed by atoms with E-state index in [-0.39, 0.29) is 5.91 Å². The van der Waals surface area contributed by atoms with Crippen LogP contribution in [-0.4, -0.2) is 56.7 Å². The van der Waals surface area contributed by atoms with Gasteiger partial charge in [0, 0.05) is 24.8 Å². The van der Waals surface area contributed by atoms with E-state index in [2.05, 4.69) is 0 Å². The summed E-state index contributed by atoms with van der Waals surface area (Å²) >= 11 is 0. The summed E-state index contributed by atoms with van der Waals surface area (Å²) < 4.78 is 10.7. The number of hydrogen-bond donors (Lipinski definition) is 1. The average Bonchev–Trinajstić information content (AvgIpc) is 2.72. The fourth-order valence-electron chi connectivity index (χ4n) is 7.21. The molecule has 1 heterocycles. The van der Waals surface area contributed by atoms with E-state index < -0.39 is 0 Å². The quantitative estimate of drug-likeness (QED) is 0.862. The third-order valence-electron chi connectivity index (χ3n) is 8.07. The van der Waals surface area contributed by atoms with Gasteiger partial charge in [0.25, 0.3) is 5.91 Å². The highest BCUT2D eigenvalue weighted by Crippen LogP contribution is 2.54. The molecule has 1 amide bonds. The predicted molar refractivity (Wildman–Crippen MR) is 107 cm³/mol. The van der Waals surface area contributed by atoms with E-state index in [4.69, 9.17) is 9.47 Å². The number of methoxy groups -OCH3 is 2. The molecule has 6 rings (SSSR count). The van der Waals surface area contributed by atoms with Crippen molar-refractivity contribution in [1.82, 2.24) is 4.90 Å². The van der Waals surface area contributed by atoms with E-state index in [0.717, 1.165) is 43.9 Å². The molecule has 0 spiro atoms. The molecule has 152 valence electrons. The number of rotatable bonds is 4. The molecule has 5 nitrogen and oxygen atoms in total. The first kappa shape index (κ1) is 18.3. The fourth-order valence-corrected chi connectivity index (χ4v) is 7.21. The highest BCUT2D eigenvalue weighted by atomic mass is 16.5. The summed E-state index contributed by atoms with van der Waals surface area (Å²) in [6.45, 7) is 3.94. The Morgan fingerprint density at radius 2 is 1.54 bits per heavy atom. The Hall–Kier alpha value is -1.75. The second-order valence-corrected chi connectivity index (χ2v) is 9.66. The molecule has 0 aromatic heterocycles. The van der Waals surface area contributed by atoms with Crippen LogP contribution in [0.1, 0.15) is 48.9 Å². The lowest BCUT2D eigenvalue weighted by molar-refractivity contribution is -0.962. The first-order valence-electron chi connectivity index (χ1n) is 11.0. The Morgan fingerprint density at radius 1 is 0.964 bits per heavy atom. The van der Waals surface area contributed by atoms with E-state index in [1.807, 2.05) is 17.0 Å². The van der Waals surface area contributed by atoms with Crippen molar-refractivity contribution < 1.29 is 19.2 Å². The highest BCUT2D eigenvalue weighted by Gasteiger charge is 2.56. The molecule has 1 aromatic carbocycles. The number of hydrogen-bond acceptors (Lipinski definition) is 3. The molecule has 28 heavy (non-hydrogen) atoms. The molecular weight excluding hydrogens is 352 g/mol. The van der Waals surface area contributed by atoms with Gasteiger partial charge in [-0.15, -0.1) is 0 Å². The fraction of sp³-hybridized carbons (Fsp3) is 0.696. The number of nitrogens with one attached hydrogen (secondary N) is 1. The minimum atomic E-state index is 0.116. The largest absolute Gasteiger partial charge is 0.493 e. The second kappa shape index (κ2) is 6.94. The molecule has 5 aliphatic rings. The minimum Gasteiger partial charge on any atom is -0.493 e. The van der Waals surface area contributed by atoms with E-state index in [1.165, 1.54) is 38.5 Å². The molecule has 0 radical (unpaired) electrons. The van der Waals surface area contributed by atoms with Crippen molar-refractivity contribution in [3.8, 4) is 11.5 Å². The molecule has 0 atom stereocenters. The van der Waals surface area contributed by atoms with Crippen LogP contribution in [0.15, 0.2) is 18.2 Å². The first-order chi connectivity index (χ1) is 13.6. The van der Waals surface area contributed by atoms with Gasteiger partial charge in [-0.3, -0.25) is 4.79 Å². The van der Waals surface area contributed by atoms with Gasteiger partial charge < -0.3 is 19.3 Å². The van der Waals surface area contributed by atoms with Gasteiger partial charge in [0.1, 0.15) is 0 Å². The number of carbonyl (C=O) groups is 1. The molecule has 4 saturated carbocycles. The number of benzene rings is 1. The molecule has 1 aromatic rings. The SMILES string of the molecule is COc1ccc(C(=O)N2CC[NH+](C34CC5CC(CC(C5)C3)C4)CC2)cc1OC. The molecule has 0 unspecified atom stereocenters. The van der Waals surface area contributed by atoms with Crippen molar-refractivity contribution in [1.29, 1.82) is 0 Å². The first-order valence-corrected chi connectivity index (χ1v) is 11.0. The van der Waals surface area contributed by atoms with Crippen molar-refractivity contribution in [2.24, 2.45) is 17.8 Å². The van der Waals surface area contributed by atoms with Gasteiger partial charge in [0.2, 0.25) is 0 Å². The van der Waals surface area contributed by atoms with Crippen LogP contribution in [-0.2, 0) is 0 Å². The van der Waals surface area contributed by atoms with Crippen LogP contribution in [0, 0.1) is 17.8 Å². The average molecular weight is 386 g/mol. The number of nitrogens with zero attached hydrogens (tertiary/aromatic N) is 1. The Labute approximate surface area is 168 Å². The van der Waals surface area contributed by atoms with Gasteiger partial charge in [-0.05, 0) is 55.2 Å². The summed E-state index contributed by atoms with van der Waals surface area (Å²) in [6, 6.07) is 5.48. The Kier molecular flexibility index (Phi) is 4.53. The maximum Gasteiger partial charge on any atom is 0.254 e. The summed E-state index contributed by atoms with van der Waals surface area (Å²) in [7, 11) is 3.23. The third kappa shape index (κ3) is 2.99. The van der Waals surface area contributed by atoms with E-state index in [1.54, 1.807) is 25.2 Å². The third-order valence-corrected chi connectivity index (χ3v) is 8.07. The van der Waals surface area contributed by atoms with Crippen LogP contribution in [0.5, 0.6) is 11.5 Å². The standard InChI is InChI=1S/C23H32N2O3/c1-27-20-4-3-19(12-21(20)28-2)22(26)24-5-7-25(8-6-24)23-13-16-9-17(14-23)11-18(10-16)15-23/h3-4,12,16-18H,5-11,13-15H2,1-2H3/p+1. The highest BCUT2D eigenvalue weighted by molar-refractivity contribution is 5.95. The second-order valence-electron chi connectivity index (χ2n) is 9.66. The monoisotopic (exact) mass is 385 g/mol. The maximum absolute atomic E-state index is 13.0. The Morgan fingerprint density at radius 3 is 2.07 bits per heavy atom. The molecule has 5 fully saturated rings. The lowest BCUT2D eigenvalue weighted by Crippen LogP contribution is -3.23. The number of quaternary nitrogens is 1. The van der Waals surface area contributed by atoms with Gasteiger partial charge >= 0.3 is 0 Å². The van der Waals surface area contributed by atoms with Crippen molar-refractivity contribution in [3.05, 3.63) is 23.8 Å². The number of amides is 1. The minimum absolute atomic E-state index is 0.116. The van der Waals surface area contributed by atoms with Crippen molar-refractivity contribution in [2.45, 2.75) is 44.1 Å². The van der Waals surface area contributed by atoms with Crippen molar-refractivity contribution in [2.75, 3.05) is 40.4 Å². The molecular formula is C23H33N2O3+. The van der Waals surface area contributed by atoms with Crippen LogP contribution in [0.3, 0.4) is 0 Å². The van der Waals surface area contributed by atoms with Crippen LogP contribution in [0.2, 0.25) is 0 Å². The molecule has 4 bridgehead atoms. The zero-order chi connectivity index (χ0) is 19.3. The Balaban J connectivity index is 1.26. The van der Waals surface area contributed by atoms with Gasteiger partial charge in [-0.25, -0.2) is 0 Å². The summed E-state index contributed by atoms with van der Waals surface area (Å²) in [4.78, 5) is 16.9. The zero-order valence-corrected chi connectivity index (χ0v) is 17.2. The van der Waals surface area contributed by atoms with E-state index >= 15 is 0 Å². The van der Waals surface area contributed by atoms with Crippen LogP contribution in [0.25, 0.3) is 0 Å². The topological polar surface area (TPSA) is 43.2 Å². The predicted octanol–water partition coefficient (Wildman–Crippen LogP) is 2.01. The normalized spacial score (nSPS) is 34.5. The number of ether oxygens (including phenoxy) is 2. The van der Waals surface area contributed by atoms with Crippen LogP contribution < -0.4 is 14.4 Å². The zero-order valence-electron chi connectivity index (χ0n) is 17.2. The summed E-state index contributed by atoms with van der Waals surface area (Å²) in [5.74, 6) is 4.37. The molecule has 4 aliphatic carbocycles. The van der Waals surface area contributed by atoms with Gasteiger partial charge in [0.15, 0.2) is 11.5 Å². The summed E-state index contributed by atoms with van der Waals surface area (Å²) in [5.41, 5.74) is 1.23. The van der Waals surface area contributed by atoms with E-state index in [9.17, 15) is 4.79 Å². The molecule has 5 heteroatoms. The van der Waals surface area contributed by atoms with Gasteiger partial charge in [-0.2, -0.15) is 0 Å². The Bertz CT molecular complexity index is 719. The van der Waals surface area contributed by atoms with Crippen molar-refractivity contribution >= 4 is 5.91 Å². The number of piperazine rings is 1. The smallest absolute Gasteiger partial charge is 0.254 e. The summed E-state index contributed by atoms with van der Waals surface area (Å²) in [6.07, 6.45) is 8.82. The van der Waals surface area contributed by atoms with Gasteiger partial charge in [0.05, 0.1) is 45.9 Å².